The van der Waals surface area contributed by atoms with Crippen molar-refractivity contribution in [1.29, 1.82) is 0 Å². The predicted molar refractivity (Wildman–Crippen MR) is 93.8 cm³/mol. The maximum absolute atomic E-state index is 11.6. The van der Waals surface area contributed by atoms with Crippen LogP contribution in [0.5, 0.6) is 0 Å². The first kappa shape index (κ1) is 16.6. The molecule has 24 heavy (non-hydrogen) atoms. The molecule has 4 rings (SSSR count). The van der Waals surface area contributed by atoms with Gasteiger partial charge in [-0.3, -0.25) is 4.99 Å². The lowest BCUT2D eigenvalue weighted by Gasteiger charge is -2.24. The van der Waals surface area contributed by atoms with Crippen LogP contribution in [0.15, 0.2) is 4.99 Å². The average Bonchev–Trinajstić information content (AvgIpc) is 3.27. The van der Waals surface area contributed by atoms with Gasteiger partial charge in [0.25, 0.3) is 0 Å². The van der Waals surface area contributed by atoms with Crippen LogP contribution in [0.2, 0.25) is 0 Å². The number of likely N-dealkylation sites (tertiary alicyclic amines) is 1. The van der Waals surface area contributed by atoms with E-state index in [0.717, 1.165) is 38.4 Å². The molecule has 4 saturated heterocycles. The van der Waals surface area contributed by atoms with Crippen LogP contribution in [0.1, 0.15) is 32.6 Å². The van der Waals surface area contributed by atoms with Crippen LogP contribution in [-0.2, 0) is 14.6 Å². The van der Waals surface area contributed by atoms with E-state index in [-0.39, 0.29) is 5.92 Å². The number of sulfone groups is 1. The normalized spacial score (nSPS) is 40.3. The average molecular weight is 356 g/mol. The highest BCUT2D eigenvalue weighted by molar-refractivity contribution is 7.91. The number of hydrogen-bond donors (Lipinski definition) is 1. The summed E-state index contributed by atoms with van der Waals surface area (Å²) in [5, 5.41) is 3.48. The van der Waals surface area contributed by atoms with Gasteiger partial charge in [-0.05, 0) is 31.6 Å². The van der Waals surface area contributed by atoms with Crippen LogP contribution in [0.3, 0.4) is 0 Å². The fraction of sp³-hybridized carbons (Fsp3) is 0.941. The maximum atomic E-state index is 11.6. The van der Waals surface area contributed by atoms with Gasteiger partial charge in [-0.15, -0.1) is 0 Å². The zero-order valence-corrected chi connectivity index (χ0v) is 15.3. The van der Waals surface area contributed by atoms with Crippen molar-refractivity contribution in [2.45, 2.75) is 44.8 Å². The zero-order valence-electron chi connectivity index (χ0n) is 14.5. The number of ether oxygens (including phenoxy) is 1. The molecule has 5 unspecified atom stereocenters. The highest BCUT2D eigenvalue weighted by atomic mass is 32.2. The molecular formula is C17H29N3O3S. The van der Waals surface area contributed by atoms with Gasteiger partial charge in [0.05, 0.1) is 23.7 Å². The van der Waals surface area contributed by atoms with E-state index < -0.39 is 9.84 Å². The summed E-state index contributed by atoms with van der Waals surface area (Å²) < 4.78 is 29.3. The Balaban J connectivity index is 1.41. The molecule has 0 radical (unpaired) electrons. The van der Waals surface area contributed by atoms with Gasteiger partial charge < -0.3 is 15.0 Å². The van der Waals surface area contributed by atoms with Crippen LogP contribution in [0.4, 0.5) is 0 Å². The molecule has 5 atom stereocenters. The van der Waals surface area contributed by atoms with E-state index in [9.17, 15) is 8.42 Å². The van der Waals surface area contributed by atoms with Gasteiger partial charge >= 0.3 is 0 Å². The Morgan fingerprint density at radius 3 is 2.50 bits per heavy atom. The van der Waals surface area contributed by atoms with Crippen molar-refractivity contribution in [2.75, 3.05) is 37.7 Å². The van der Waals surface area contributed by atoms with Crippen molar-refractivity contribution in [2.24, 2.45) is 22.7 Å². The molecule has 4 aliphatic rings. The Kier molecular flexibility index (Phi) is 4.49. The van der Waals surface area contributed by atoms with Crippen LogP contribution >= 0.6 is 0 Å². The lowest BCUT2D eigenvalue weighted by atomic mass is 9.82. The van der Waals surface area contributed by atoms with Gasteiger partial charge in [-0.25, -0.2) is 8.42 Å². The minimum atomic E-state index is -2.82. The summed E-state index contributed by atoms with van der Waals surface area (Å²) in [6.07, 6.45) is 5.17. The van der Waals surface area contributed by atoms with E-state index in [4.69, 9.17) is 9.73 Å². The fourth-order valence-electron chi connectivity index (χ4n) is 4.87. The molecule has 0 aliphatic carbocycles. The van der Waals surface area contributed by atoms with Gasteiger partial charge in [0.1, 0.15) is 0 Å². The summed E-state index contributed by atoms with van der Waals surface area (Å²) in [6, 6.07) is 0. The summed E-state index contributed by atoms with van der Waals surface area (Å²) >= 11 is 0. The largest absolute Gasteiger partial charge is 0.374 e. The highest BCUT2D eigenvalue weighted by Gasteiger charge is 2.53. The van der Waals surface area contributed by atoms with Crippen LogP contribution in [-0.4, -0.2) is 69.2 Å². The van der Waals surface area contributed by atoms with Crippen molar-refractivity contribution in [3.05, 3.63) is 0 Å². The van der Waals surface area contributed by atoms with E-state index >= 15 is 0 Å². The summed E-state index contributed by atoms with van der Waals surface area (Å²) in [5.41, 5.74) is 0. The number of nitrogens with one attached hydrogen (secondary N) is 1. The monoisotopic (exact) mass is 355 g/mol. The van der Waals surface area contributed by atoms with Crippen LogP contribution < -0.4 is 5.32 Å². The van der Waals surface area contributed by atoms with Gasteiger partial charge in [0.2, 0.25) is 0 Å². The minimum absolute atomic E-state index is 0.190. The second kappa shape index (κ2) is 6.48. The molecule has 4 aliphatic heterocycles. The van der Waals surface area contributed by atoms with Crippen molar-refractivity contribution >= 4 is 15.8 Å². The van der Waals surface area contributed by atoms with Crippen molar-refractivity contribution in [1.82, 2.24) is 10.2 Å². The minimum Gasteiger partial charge on any atom is -0.374 e. The Labute approximate surface area is 144 Å². The molecule has 0 saturated carbocycles. The molecule has 0 spiro atoms. The van der Waals surface area contributed by atoms with E-state index in [2.05, 4.69) is 17.1 Å². The third-order valence-electron chi connectivity index (χ3n) is 6.11. The number of fused-ring (bicyclic) bond motifs is 5. The molecule has 6 nitrogen and oxygen atoms in total. The number of guanidine groups is 1. The first-order chi connectivity index (χ1) is 11.6. The van der Waals surface area contributed by atoms with Gasteiger partial charge in [-0.1, -0.05) is 6.92 Å². The van der Waals surface area contributed by atoms with Gasteiger partial charge in [0.15, 0.2) is 15.8 Å². The predicted octanol–water partition coefficient (Wildman–Crippen LogP) is 0.886. The first-order valence-corrected chi connectivity index (χ1v) is 11.3. The molecule has 0 aromatic carbocycles. The highest BCUT2D eigenvalue weighted by Crippen LogP contribution is 2.47. The van der Waals surface area contributed by atoms with E-state index in [1.807, 2.05) is 0 Å². The van der Waals surface area contributed by atoms with Crippen LogP contribution in [0, 0.1) is 17.8 Å². The molecule has 0 amide bonds. The molecule has 2 bridgehead atoms. The van der Waals surface area contributed by atoms with Crippen molar-refractivity contribution in [3.63, 3.8) is 0 Å². The standard InChI is InChI=1S/C17H29N3O3S/c1-2-6-18-17(19-8-12-5-7-24(21,22)11-12)20-9-13-14(10-20)16-4-3-15(13)23-16/h12-16H,2-11H2,1H3,(H,18,19). The Hall–Kier alpha value is -0.820. The Bertz CT molecular complexity index is 588. The molecule has 0 aromatic rings. The lowest BCUT2D eigenvalue weighted by molar-refractivity contribution is 0.0767. The fourth-order valence-corrected chi connectivity index (χ4v) is 6.72. The molecule has 4 heterocycles. The van der Waals surface area contributed by atoms with Crippen molar-refractivity contribution in [3.8, 4) is 0 Å². The Morgan fingerprint density at radius 2 is 1.92 bits per heavy atom. The van der Waals surface area contributed by atoms with E-state index in [0.29, 0.717) is 42.1 Å². The van der Waals surface area contributed by atoms with Crippen LogP contribution in [0.25, 0.3) is 0 Å². The summed E-state index contributed by atoms with van der Waals surface area (Å²) in [4.78, 5) is 7.21. The number of nitrogens with zero attached hydrogens (tertiary/aromatic N) is 2. The Morgan fingerprint density at radius 1 is 1.21 bits per heavy atom. The molecular weight excluding hydrogens is 326 g/mol. The first-order valence-electron chi connectivity index (χ1n) is 9.45. The molecule has 4 fully saturated rings. The van der Waals surface area contributed by atoms with Gasteiger partial charge in [-0.2, -0.15) is 0 Å². The summed E-state index contributed by atoms with van der Waals surface area (Å²) in [5.74, 6) is 3.12. The number of aliphatic imine (C=N–C) groups is 1. The third-order valence-corrected chi connectivity index (χ3v) is 7.95. The zero-order chi connectivity index (χ0) is 16.7. The molecule has 136 valence electrons. The van der Waals surface area contributed by atoms with Gasteiger partial charge in [0, 0.05) is 38.0 Å². The third kappa shape index (κ3) is 3.17. The molecule has 7 heteroatoms. The molecule has 1 N–H and O–H groups in total. The smallest absolute Gasteiger partial charge is 0.193 e. The van der Waals surface area contributed by atoms with E-state index in [1.165, 1.54) is 12.8 Å². The van der Waals surface area contributed by atoms with Crippen molar-refractivity contribution < 1.29 is 13.2 Å². The van der Waals surface area contributed by atoms with E-state index in [1.54, 1.807) is 0 Å². The number of hydrogen-bond acceptors (Lipinski definition) is 4. The summed E-state index contributed by atoms with van der Waals surface area (Å²) in [7, 11) is -2.82. The SMILES string of the molecule is CCCNC(=NCC1CCS(=O)(=O)C1)N1CC2C3CCC(O3)C2C1. The second-order valence-corrected chi connectivity index (χ2v) is 10.1. The molecule has 0 aromatic heterocycles. The quantitative estimate of drug-likeness (QED) is 0.599. The maximum Gasteiger partial charge on any atom is 0.193 e. The topological polar surface area (TPSA) is 71.0 Å². The summed E-state index contributed by atoms with van der Waals surface area (Å²) in [6.45, 7) is 5.76. The lowest BCUT2D eigenvalue weighted by Crippen LogP contribution is -2.42. The number of rotatable bonds is 4. The second-order valence-electron chi connectivity index (χ2n) is 7.88.